The number of pyridine rings is 1. The molecule has 1 aromatic heterocycles. The Morgan fingerprint density at radius 1 is 1.38 bits per heavy atom. The van der Waals surface area contributed by atoms with E-state index in [1.165, 1.54) is 32.2 Å². The first kappa shape index (κ1) is 16.2. The highest BCUT2D eigenvalue weighted by Gasteiger charge is 2.17. The second kappa shape index (κ2) is 8.35. The maximum atomic E-state index is 5.36. The number of nitrogens with zero attached hydrogens (tertiary/aromatic N) is 2. The van der Waals surface area contributed by atoms with E-state index in [-0.39, 0.29) is 0 Å². The molecule has 2 rings (SSSR count). The van der Waals surface area contributed by atoms with Crippen LogP contribution in [0.4, 0.5) is 0 Å². The van der Waals surface area contributed by atoms with Crippen molar-refractivity contribution >= 4 is 0 Å². The Hall–Kier alpha value is -1.13. The molecule has 0 radical (unpaired) electrons. The Kier molecular flexibility index (Phi) is 6.46. The molecule has 21 heavy (non-hydrogen) atoms. The lowest BCUT2D eigenvalue weighted by atomic mass is 10.0. The zero-order valence-corrected chi connectivity index (χ0v) is 13.7. The number of methoxy groups -OCH3 is 1. The van der Waals surface area contributed by atoms with Crippen LogP contribution in [0.1, 0.15) is 44.0 Å². The Morgan fingerprint density at radius 3 is 2.90 bits per heavy atom. The van der Waals surface area contributed by atoms with E-state index >= 15 is 0 Å². The fraction of sp³-hybridized carbons (Fsp3) is 0.706. The van der Waals surface area contributed by atoms with Gasteiger partial charge in [0.05, 0.1) is 12.8 Å². The third-order valence-electron chi connectivity index (χ3n) is 4.03. The Bertz CT molecular complexity index is 430. The number of rotatable bonds is 7. The normalized spacial score (nSPS) is 19.0. The molecule has 0 spiro atoms. The van der Waals surface area contributed by atoms with Gasteiger partial charge in [0.15, 0.2) is 0 Å². The Balaban J connectivity index is 1.99. The Morgan fingerprint density at radius 2 is 2.24 bits per heavy atom. The number of aromatic nitrogens is 1. The fourth-order valence-corrected chi connectivity index (χ4v) is 3.07. The van der Waals surface area contributed by atoms with Crippen molar-refractivity contribution < 1.29 is 4.74 Å². The molecule has 0 amide bonds. The molecule has 4 heteroatoms. The van der Waals surface area contributed by atoms with E-state index in [4.69, 9.17) is 4.74 Å². The summed E-state index contributed by atoms with van der Waals surface area (Å²) in [6.45, 7) is 8.58. The van der Waals surface area contributed by atoms with Crippen LogP contribution in [-0.2, 0) is 6.54 Å². The molecule has 1 atom stereocenters. The minimum Gasteiger partial charge on any atom is -0.497 e. The highest BCUT2D eigenvalue weighted by atomic mass is 16.5. The number of ether oxygens (including phenoxy) is 1. The van der Waals surface area contributed by atoms with E-state index in [0.29, 0.717) is 6.04 Å². The molecule has 4 nitrogen and oxygen atoms in total. The molecule has 1 unspecified atom stereocenters. The van der Waals surface area contributed by atoms with Gasteiger partial charge in [0.25, 0.3) is 0 Å². The first-order chi connectivity index (χ1) is 10.2. The minimum absolute atomic E-state index is 0.636. The summed E-state index contributed by atoms with van der Waals surface area (Å²) in [6.07, 6.45) is 5.15. The fourth-order valence-electron chi connectivity index (χ4n) is 3.07. The average molecular weight is 291 g/mol. The lowest BCUT2D eigenvalue weighted by Gasteiger charge is -2.30. The molecular formula is C17H29N3O. The number of nitrogens with one attached hydrogen (secondary N) is 1. The van der Waals surface area contributed by atoms with Crippen LogP contribution < -0.4 is 10.1 Å². The molecule has 1 aliphatic rings. The monoisotopic (exact) mass is 291 g/mol. The van der Waals surface area contributed by atoms with E-state index in [0.717, 1.165) is 36.8 Å². The molecule has 0 aromatic carbocycles. The van der Waals surface area contributed by atoms with E-state index in [9.17, 15) is 0 Å². The van der Waals surface area contributed by atoms with Gasteiger partial charge in [0.1, 0.15) is 5.75 Å². The van der Waals surface area contributed by atoms with Crippen molar-refractivity contribution in [2.45, 2.75) is 52.1 Å². The second-order valence-corrected chi connectivity index (χ2v) is 6.02. The van der Waals surface area contributed by atoms with Crippen LogP contribution in [0.3, 0.4) is 0 Å². The second-order valence-electron chi connectivity index (χ2n) is 6.02. The van der Waals surface area contributed by atoms with Gasteiger partial charge in [-0.2, -0.15) is 0 Å². The van der Waals surface area contributed by atoms with E-state index in [2.05, 4.69) is 28.2 Å². The summed E-state index contributed by atoms with van der Waals surface area (Å²) in [6, 6.07) is 4.68. The summed E-state index contributed by atoms with van der Waals surface area (Å²) in [7, 11) is 1.72. The summed E-state index contributed by atoms with van der Waals surface area (Å²) in [4.78, 5) is 7.17. The summed E-state index contributed by atoms with van der Waals surface area (Å²) >= 11 is 0. The SMILES string of the molecule is CCCN(Cc1cc(OC)cc(C)n1)CC1CCCCN1. The van der Waals surface area contributed by atoms with Crippen LogP contribution >= 0.6 is 0 Å². The van der Waals surface area contributed by atoms with Gasteiger partial charge >= 0.3 is 0 Å². The van der Waals surface area contributed by atoms with Crippen molar-refractivity contribution in [3.8, 4) is 5.75 Å². The quantitative estimate of drug-likeness (QED) is 0.838. The van der Waals surface area contributed by atoms with Crippen molar-refractivity contribution in [2.75, 3.05) is 26.7 Å². The molecule has 1 aromatic rings. The van der Waals surface area contributed by atoms with Crippen molar-refractivity contribution in [1.82, 2.24) is 15.2 Å². The third kappa shape index (κ3) is 5.29. The van der Waals surface area contributed by atoms with Gasteiger partial charge in [0, 0.05) is 37.0 Å². The first-order valence-corrected chi connectivity index (χ1v) is 8.18. The number of hydrogen-bond donors (Lipinski definition) is 1. The van der Waals surface area contributed by atoms with E-state index in [1.54, 1.807) is 7.11 Å². The van der Waals surface area contributed by atoms with Gasteiger partial charge in [-0.3, -0.25) is 9.88 Å². The van der Waals surface area contributed by atoms with Gasteiger partial charge < -0.3 is 10.1 Å². The standard InChI is InChI=1S/C17H29N3O/c1-4-9-20(12-15-7-5-6-8-18-15)13-16-11-17(21-3)10-14(2)19-16/h10-11,15,18H,4-9,12-13H2,1-3H3. The van der Waals surface area contributed by atoms with Crippen LogP contribution in [0, 0.1) is 6.92 Å². The molecule has 1 aliphatic heterocycles. The number of aryl methyl sites for hydroxylation is 1. The maximum absolute atomic E-state index is 5.36. The summed E-state index contributed by atoms with van der Waals surface area (Å²) in [5, 5.41) is 3.64. The van der Waals surface area contributed by atoms with Crippen molar-refractivity contribution in [2.24, 2.45) is 0 Å². The molecular weight excluding hydrogens is 262 g/mol. The zero-order valence-electron chi connectivity index (χ0n) is 13.7. The molecule has 1 N–H and O–H groups in total. The molecule has 2 heterocycles. The van der Waals surface area contributed by atoms with Gasteiger partial charge in [-0.05, 0) is 39.3 Å². The molecule has 0 saturated carbocycles. The topological polar surface area (TPSA) is 37.4 Å². The third-order valence-corrected chi connectivity index (χ3v) is 4.03. The first-order valence-electron chi connectivity index (χ1n) is 8.18. The van der Waals surface area contributed by atoms with Crippen LogP contribution in [-0.4, -0.2) is 42.7 Å². The van der Waals surface area contributed by atoms with Crippen molar-refractivity contribution in [1.29, 1.82) is 0 Å². The molecule has 0 aliphatic carbocycles. The van der Waals surface area contributed by atoms with Gasteiger partial charge in [0.2, 0.25) is 0 Å². The largest absolute Gasteiger partial charge is 0.497 e. The van der Waals surface area contributed by atoms with E-state index < -0.39 is 0 Å². The lowest BCUT2D eigenvalue weighted by molar-refractivity contribution is 0.215. The predicted octanol–water partition coefficient (Wildman–Crippen LogP) is 2.75. The molecule has 118 valence electrons. The van der Waals surface area contributed by atoms with Crippen LogP contribution in [0.5, 0.6) is 5.75 Å². The summed E-state index contributed by atoms with van der Waals surface area (Å²) in [5.74, 6) is 0.907. The maximum Gasteiger partial charge on any atom is 0.122 e. The van der Waals surface area contributed by atoms with Gasteiger partial charge in [-0.25, -0.2) is 0 Å². The lowest BCUT2D eigenvalue weighted by Crippen LogP contribution is -2.43. The molecule has 1 fully saturated rings. The van der Waals surface area contributed by atoms with Crippen LogP contribution in [0.25, 0.3) is 0 Å². The Labute approximate surface area is 128 Å². The minimum atomic E-state index is 0.636. The number of hydrogen-bond acceptors (Lipinski definition) is 4. The highest BCUT2D eigenvalue weighted by Crippen LogP contribution is 2.16. The molecule has 1 saturated heterocycles. The summed E-state index contributed by atoms with van der Waals surface area (Å²) in [5.41, 5.74) is 2.13. The van der Waals surface area contributed by atoms with E-state index in [1.807, 2.05) is 13.0 Å². The van der Waals surface area contributed by atoms with Gasteiger partial charge in [-0.1, -0.05) is 13.3 Å². The highest BCUT2D eigenvalue weighted by molar-refractivity contribution is 5.26. The number of piperidine rings is 1. The zero-order chi connectivity index (χ0) is 15.1. The van der Waals surface area contributed by atoms with Gasteiger partial charge in [-0.15, -0.1) is 0 Å². The average Bonchev–Trinajstić information content (AvgIpc) is 2.48. The predicted molar refractivity (Wildman–Crippen MR) is 86.7 cm³/mol. The van der Waals surface area contributed by atoms with Crippen LogP contribution in [0.2, 0.25) is 0 Å². The van der Waals surface area contributed by atoms with Crippen molar-refractivity contribution in [3.63, 3.8) is 0 Å². The smallest absolute Gasteiger partial charge is 0.122 e. The van der Waals surface area contributed by atoms with Crippen LogP contribution in [0.15, 0.2) is 12.1 Å². The van der Waals surface area contributed by atoms with Crippen molar-refractivity contribution in [3.05, 3.63) is 23.5 Å². The summed E-state index contributed by atoms with van der Waals surface area (Å²) < 4.78 is 5.36. The molecule has 0 bridgehead atoms.